The fourth-order valence-corrected chi connectivity index (χ4v) is 2.19. The summed E-state index contributed by atoms with van der Waals surface area (Å²) in [6.07, 6.45) is 1.53. The fraction of sp³-hybridized carbons (Fsp3) is 0.125. The molecule has 0 spiro atoms. The summed E-state index contributed by atoms with van der Waals surface area (Å²) in [5.74, 6) is 0.137. The van der Waals surface area contributed by atoms with Crippen LogP contribution in [0, 0.1) is 11.3 Å². The Balaban J connectivity index is 1.91. The third kappa shape index (κ3) is 2.82. The SMILES string of the molecule is COC(=O)c1ccc(Cn2nnc(C#N)c2-c2ccco2)cc1. The molecule has 0 saturated heterocycles. The molecule has 0 aliphatic heterocycles. The number of ether oxygens (including phenoxy) is 1. The van der Waals surface area contributed by atoms with Crippen LogP contribution in [0.15, 0.2) is 47.1 Å². The molecule has 0 fully saturated rings. The minimum Gasteiger partial charge on any atom is -0.465 e. The Bertz CT molecular complexity index is 858. The lowest BCUT2D eigenvalue weighted by atomic mass is 10.1. The summed E-state index contributed by atoms with van der Waals surface area (Å²) in [5, 5.41) is 17.0. The lowest BCUT2D eigenvalue weighted by molar-refractivity contribution is 0.0600. The Morgan fingerprint density at radius 3 is 2.74 bits per heavy atom. The normalized spacial score (nSPS) is 10.3. The first-order chi connectivity index (χ1) is 11.2. The molecule has 23 heavy (non-hydrogen) atoms. The fourth-order valence-electron chi connectivity index (χ4n) is 2.19. The Kier molecular flexibility index (Phi) is 3.89. The summed E-state index contributed by atoms with van der Waals surface area (Å²) >= 11 is 0. The first-order valence-electron chi connectivity index (χ1n) is 6.77. The molecule has 7 heteroatoms. The second-order valence-corrected chi connectivity index (χ2v) is 4.72. The van der Waals surface area contributed by atoms with Crippen LogP contribution in [0.5, 0.6) is 0 Å². The van der Waals surface area contributed by atoms with Crippen LogP contribution >= 0.6 is 0 Å². The van der Waals surface area contributed by atoms with Crippen molar-refractivity contribution in [1.82, 2.24) is 15.0 Å². The summed E-state index contributed by atoms with van der Waals surface area (Å²) in [7, 11) is 1.34. The zero-order valence-corrected chi connectivity index (χ0v) is 12.3. The molecule has 0 unspecified atom stereocenters. The van der Waals surface area contributed by atoms with Gasteiger partial charge in [0.1, 0.15) is 11.8 Å². The van der Waals surface area contributed by atoms with Crippen molar-refractivity contribution in [3.05, 3.63) is 59.5 Å². The predicted octanol–water partition coefficient (Wildman–Crippen LogP) is 2.24. The number of methoxy groups -OCH3 is 1. The number of furan rings is 1. The van der Waals surface area contributed by atoms with Crippen LogP contribution in [-0.4, -0.2) is 28.1 Å². The van der Waals surface area contributed by atoms with Crippen LogP contribution in [0.2, 0.25) is 0 Å². The summed E-state index contributed by atoms with van der Waals surface area (Å²) in [5.41, 5.74) is 2.10. The molecule has 0 aliphatic rings. The number of nitrogens with zero attached hydrogens (tertiary/aromatic N) is 4. The van der Waals surface area contributed by atoms with E-state index in [1.807, 2.05) is 6.07 Å². The lowest BCUT2D eigenvalue weighted by Gasteiger charge is -2.06. The third-order valence-electron chi connectivity index (χ3n) is 3.30. The number of benzene rings is 1. The van der Waals surface area contributed by atoms with Gasteiger partial charge in [0.05, 0.1) is 25.5 Å². The molecule has 114 valence electrons. The van der Waals surface area contributed by atoms with Crippen molar-refractivity contribution >= 4 is 5.97 Å². The molecule has 0 saturated carbocycles. The van der Waals surface area contributed by atoms with Gasteiger partial charge in [0.2, 0.25) is 0 Å². The number of carbonyl (C=O) groups is 1. The van der Waals surface area contributed by atoms with E-state index in [1.54, 1.807) is 41.1 Å². The average Bonchev–Trinajstić information content (AvgIpc) is 3.23. The van der Waals surface area contributed by atoms with Crippen LogP contribution in [0.1, 0.15) is 21.6 Å². The van der Waals surface area contributed by atoms with Crippen LogP contribution in [0.4, 0.5) is 0 Å². The molecular formula is C16H12N4O3. The minimum atomic E-state index is -0.389. The highest BCUT2D eigenvalue weighted by atomic mass is 16.5. The van der Waals surface area contributed by atoms with Crippen molar-refractivity contribution in [2.24, 2.45) is 0 Å². The predicted molar refractivity (Wildman–Crippen MR) is 79.3 cm³/mol. The molecule has 3 aromatic rings. The van der Waals surface area contributed by atoms with Crippen molar-refractivity contribution in [1.29, 1.82) is 5.26 Å². The van der Waals surface area contributed by atoms with E-state index >= 15 is 0 Å². The molecule has 0 radical (unpaired) electrons. The van der Waals surface area contributed by atoms with E-state index in [2.05, 4.69) is 15.0 Å². The number of carbonyl (C=O) groups excluding carboxylic acids is 1. The van der Waals surface area contributed by atoms with E-state index in [9.17, 15) is 4.79 Å². The van der Waals surface area contributed by atoms with Crippen LogP contribution in [0.25, 0.3) is 11.5 Å². The highest BCUT2D eigenvalue weighted by molar-refractivity contribution is 5.89. The van der Waals surface area contributed by atoms with Gasteiger partial charge in [0.15, 0.2) is 11.5 Å². The number of esters is 1. The lowest BCUT2D eigenvalue weighted by Crippen LogP contribution is -2.05. The Labute approximate surface area is 131 Å². The number of rotatable bonds is 4. The van der Waals surface area contributed by atoms with Gasteiger partial charge in [0, 0.05) is 0 Å². The molecular weight excluding hydrogens is 296 g/mol. The molecule has 0 N–H and O–H groups in total. The quantitative estimate of drug-likeness (QED) is 0.686. The van der Waals surface area contributed by atoms with Crippen molar-refractivity contribution in [2.75, 3.05) is 7.11 Å². The van der Waals surface area contributed by atoms with Gasteiger partial charge in [-0.05, 0) is 29.8 Å². The maximum absolute atomic E-state index is 11.4. The molecule has 0 aliphatic carbocycles. The van der Waals surface area contributed by atoms with E-state index < -0.39 is 0 Å². The van der Waals surface area contributed by atoms with Gasteiger partial charge in [-0.3, -0.25) is 0 Å². The second-order valence-electron chi connectivity index (χ2n) is 4.72. The van der Waals surface area contributed by atoms with Crippen molar-refractivity contribution in [3.63, 3.8) is 0 Å². The average molecular weight is 308 g/mol. The zero-order valence-electron chi connectivity index (χ0n) is 12.3. The monoisotopic (exact) mass is 308 g/mol. The number of hydrogen-bond acceptors (Lipinski definition) is 6. The van der Waals surface area contributed by atoms with Gasteiger partial charge < -0.3 is 9.15 Å². The Hall–Kier alpha value is -3.40. The molecule has 1 aromatic carbocycles. The van der Waals surface area contributed by atoms with Crippen LogP contribution < -0.4 is 0 Å². The highest BCUT2D eigenvalue weighted by Crippen LogP contribution is 2.23. The van der Waals surface area contributed by atoms with Gasteiger partial charge in [0.25, 0.3) is 0 Å². The second kappa shape index (κ2) is 6.15. The first-order valence-corrected chi connectivity index (χ1v) is 6.77. The van der Waals surface area contributed by atoms with Gasteiger partial charge in [-0.2, -0.15) is 5.26 Å². The molecule has 2 aromatic heterocycles. The summed E-state index contributed by atoms with van der Waals surface area (Å²) in [6.45, 7) is 0.395. The Morgan fingerprint density at radius 1 is 1.35 bits per heavy atom. The maximum atomic E-state index is 11.4. The van der Waals surface area contributed by atoms with Crippen molar-refractivity contribution in [2.45, 2.75) is 6.54 Å². The number of hydrogen-bond donors (Lipinski definition) is 0. The first kappa shape index (κ1) is 14.5. The molecule has 0 amide bonds. The topological polar surface area (TPSA) is 93.9 Å². The summed E-state index contributed by atoms with van der Waals surface area (Å²) < 4.78 is 11.6. The van der Waals surface area contributed by atoms with Crippen molar-refractivity contribution < 1.29 is 13.9 Å². The number of nitriles is 1. The van der Waals surface area contributed by atoms with Gasteiger partial charge in [-0.1, -0.05) is 17.3 Å². The molecule has 0 bridgehead atoms. The number of aromatic nitrogens is 3. The zero-order chi connectivity index (χ0) is 16.2. The van der Waals surface area contributed by atoms with Gasteiger partial charge >= 0.3 is 5.97 Å². The van der Waals surface area contributed by atoms with E-state index in [0.29, 0.717) is 23.6 Å². The summed E-state index contributed by atoms with van der Waals surface area (Å²) in [4.78, 5) is 11.4. The smallest absolute Gasteiger partial charge is 0.337 e. The van der Waals surface area contributed by atoms with E-state index in [-0.39, 0.29) is 11.7 Å². The maximum Gasteiger partial charge on any atom is 0.337 e. The van der Waals surface area contributed by atoms with Crippen molar-refractivity contribution in [3.8, 4) is 17.5 Å². The van der Waals surface area contributed by atoms with Crippen LogP contribution in [-0.2, 0) is 11.3 Å². The highest BCUT2D eigenvalue weighted by Gasteiger charge is 2.17. The molecule has 2 heterocycles. The molecule has 0 atom stereocenters. The van der Waals surface area contributed by atoms with Gasteiger partial charge in [-0.15, -0.1) is 5.10 Å². The van der Waals surface area contributed by atoms with Crippen LogP contribution in [0.3, 0.4) is 0 Å². The largest absolute Gasteiger partial charge is 0.465 e. The molecule has 3 rings (SSSR count). The van der Waals surface area contributed by atoms with Gasteiger partial charge in [-0.25, -0.2) is 9.48 Å². The van der Waals surface area contributed by atoms with E-state index in [0.717, 1.165) is 5.56 Å². The minimum absolute atomic E-state index is 0.200. The standard InChI is InChI=1S/C16H12N4O3/c1-22-16(21)12-6-4-11(5-7-12)10-20-15(13(9-17)18-19-20)14-3-2-8-23-14/h2-8H,10H2,1H3. The Morgan fingerprint density at radius 2 is 2.13 bits per heavy atom. The molecule has 7 nitrogen and oxygen atoms in total. The van der Waals surface area contributed by atoms with E-state index in [4.69, 9.17) is 9.68 Å². The third-order valence-corrected chi connectivity index (χ3v) is 3.30. The summed E-state index contributed by atoms with van der Waals surface area (Å²) in [6, 6.07) is 12.4. The van der Waals surface area contributed by atoms with E-state index in [1.165, 1.54) is 13.4 Å².